The van der Waals surface area contributed by atoms with Crippen LogP contribution < -0.4 is 11.2 Å². The van der Waals surface area contributed by atoms with Crippen LogP contribution in [0.1, 0.15) is 72.1 Å². The molecule has 9 heteroatoms. The first kappa shape index (κ1) is 24.2. The number of aryl methyl sites for hydroxylation is 1. The summed E-state index contributed by atoms with van der Waals surface area (Å²) in [4.78, 5) is 42.0. The average Bonchev–Trinajstić information content (AvgIpc) is 3.47. The smallest absolute Gasteiger partial charge is 0.332 e. The van der Waals surface area contributed by atoms with Crippen LogP contribution in [0.15, 0.2) is 15.9 Å². The molecule has 1 atom stereocenters. The van der Waals surface area contributed by atoms with Crippen molar-refractivity contribution in [2.75, 3.05) is 6.61 Å². The van der Waals surface area contributed by atoms with Crippen molar-refractivity contribution in [1.29, 1.82) is 0 Å². The third-order valence-electron chi connectivity index (χ3n) is 5.86. The lowest BCUT2D eigenvalue weighted by Crippen LogP contribution is -2.39. The number of hydrogen-bond acceptors (Lipinski definition) is 6. The lowest BCUT2D eigenvalue weighted by atomic mass is 9.98. The zero-order valence-electron chi connectivity index (χ0n) is 19.8. The summed E-state index contributed by atoms with van der Waals surface area (Å²) in [6, 6.07) is 0. The number of aromatic nitrogens is 4. The molecular weight excluding hydrogens is 412 g/mol. The summed E-state index contributed by atoms with van der Waals surface area (Å²) in [5, 5.41) is 0. The molecule has 9 nitrogen and oxygen atoms in total. The predicted molar refractivity (Wildman–Crippen MR) is 121 cm³/mol. The number of fused-ring (bicyclic) bond motifs is 1. The molecule has 1 aliphatic heterocycles. The molecule has 0 radical (unpaired) electrons. The number of carbonyl (C=O) groups is 1. The van der Waals surface area contributed by atoms with Gasteiger partial charge in [0.05, 0.1) is 18.1 Å². The maximum atomic E-state index is 13.1. The van der Waals surface area contributed by atoms with E-state index in [0.29, 0.717) is 18.3 Å². The SMILES string of the molecule is Cn1c(=O)n(CCCCCCCCCC2CO2)c(=O)c2c1ncn2COC(=O)C(C)(C)C. The van der Waals surface area contributed by atoms with Gasteiger partial charge in [0.1, 0.15) is 6.33 Å². The minimum Gasteiger partial charge on any atom is -0.443 e. The molecule has 1 fully saturated rings. The summed E-state index contributed by atoms with van der Waals surface area (Å²) >= 11 is 0. The number of esters is 1. The van der Waals surface area contributed by atoms with Crippen molar-refractivity contribution in [1.82, 2.24) is 18.7 Å². The van der Waals surface area contributed by atoms with Crippen LogP contribution in [-0.2, 0) is 34.6 Å². The van der Waals surface area contributed by atoms with E-state index in [2.05, 4.69) is 4.98 Å². The number of hydrogen-bond donors (Lipinski definition) is 0. The maximum absolute atomic E-state index is 13.1. The Balaban J connectivity index is 1.57. The van der Waals surface area contributed by atoms with E-state index in [1.54, 1.807) is 27.8 Å². The zero-order valence-corrected chi connectivity index (χ0v) is 19.8. The number of nitrogens with zero attached hydrogens (tertiary/aromatic N) is 4. The Labute approximate surface area is 188 Å². The Bertz CT molecular complexity index is 1040. The van der Waals surface area contributed by atoms with E-state index in [1.807, 2.05) is 0 Å². The number of imidazole rings is 1. The summed E-state index contributed by atoms with van der Waals surface area (Å²) < 4.78 is 14.7. The van der Waals surface area contributed by atoms with Gasteiger partial charge in [-0.25, -0.2) is 9.78 Å². The fraction of sp³-hybridized carbons (Fsp3) is 0.739. The van der Waals surface area contributed by atoms with Gasteiger partial charge in [-0.3, -0.25) is 23.3 Å². The highest BCUT2D eigenvalue weighted by atomic mass is 16.6. The molecule has 3 heterocycles. The average molecular weight is 449 g/mol. The first-order valence-electron chi connectivity index (χ1n) is 11.6. The van der Waals surface area contributed by atoms with Gasteiger partial charge in [-0.05, 0) is 33.6 Å². The quantitative estimate of drug-likeness (QED) is 0.281. The van der Waals surface area contributed by atoms with Crippen molar-refractivity contribution in [2.24, 2.45) is 12.5 Å². The first-order chi connectivity index (χ1) is 15.2. The topological polar surface area (TPSA) is 101 Å². The fourth-order valence-electron chi connectivity index (χ4n) is 3.72. The van der Waals surface area contributed by atoms with E-state index in [9.17, 15) is 14.4 Å². The van der Waals surface area contributed by atoms with Crippen LogP contribution in [0.5, 0.6) is 0 Å². The lowest BCUT2D eigenvalue weighted by Gasteiger charge is -2.17. The largest absolute Gasteiger partial charge is 0.443 e. The maximum Gasteiger partial charge on any atom is 0.332 e. The van der Waals surface area contributed by atoms with E-state index in [4.69, 9.17) is 9.47 Å². The first-order valence-corrected chi connectivity index (χ1v) is 11.6. The molecule has 0 aliphatic carbocycles. The van der Waals surface area contributed by atoms with Crippen LogP contribution in [-0.4, -0.2) is 37.4 Å². The monoisotopic (exact) mass is 448 g/mol. The van der Waals surface area contributed by atoms with Crippen molar-refractivity contribution < 1.29 is 14.3 Å². The molecular formula is C23H36N4O5. The minimum atomic E-state index is -0.644. The number of ether oxygens (including phenoxy) is 2. The third kappa shape index (κ3) is 6.09. The van der Waals surface area contributed by atoms with E-state index < -0.39 is 11.0 Å². The molecule has 178 valence electrons. The van der Waals surface area contributed by atoms with Gasteiger partial charge in [-0.2, -0.15) is 0 Å². The van der Waals surface area contributed by atoms with E-state index in [0.717, 1.165) is 25.9 Å². The fourth-order valence-corrected chi connectivity index (χ4v) is 3.72. The molecule has 0 N–H and O–H groups in total. The van der Waals surface area contributed by atoms with Crippen molar-refractivity contribution >= 4 is 17.1 Å². The zero-order chi connectivity index (χ0) is 23.3. The highest BCUT2D eigenvalue weighted by Gasteiger charge is 2.24. The normalized spacial score (nSPS) is 15.9. The Hall–Kier alpha value is -2.42. The molecule has 1 aliphatic rings. The molecule has 0 aromatic carbocycles. The van der Waals surface area contributed by atoms with Gasteiger partial charge in [-0.15, -0.1) is 0 Å². The second-order valence-corrected chi connectivity index (χ2v) is 9.71. The molecule has 1 saturated heterocycles. The minimum absolute atomic E-state index is 0.118. The van der Waals surface area contributed by atoms with Crippen LogP contribution in [0.25, 0.3) is 11.2 Å². The van der Waals surface area contributed by atoms with Gasteiger partial charge in [0, 0.05) is 13.6 Å². The number of epoxide rings is 1. The predicted octanol–water partition coefficient (Wildman–Crippen LogP) is 2.96. The van der Waals surface area contributed by atoms with Crippen molar-refractivity contribution in [3.8, 4) is 0 Å². The van der Waals surface area contributed by atoms with Gasteiger partial charge in [0.25, 0.3) is 5.56 Å². The second kappa shape index (κ2) is 10.5. The number of carbonyl (C=O) groups excluding carboxylic acids is 1. The molecule has 0 bridgehead atoms. The summed E-state index contributed by atoms with van der Waals surface area (Å²) in [7, 11) is 1.60. The van der Waals surface area contributed by atoms with E-state index >= 15 is 0 Å². The van der Waals surface area contributed by atoms with E-state index in [-0.39, 0.29) is 23.9 Å². The van der Waals surface area contributed by atoms with Crippen molar-refractivity contribution in [3.05, 3.63) is 27.2 Å². The lowest BCUT2D eigenvalue weighted by molar-refractivity contribution is -0.156. The Morgan fingerprint density at radius 2 is 1.75 bits per heavy atom. The van der Waals surface area contributed by atoms with Gasteiger partial charge >= 0.3 is 11.7 Å². The van der Waals surface area contributed by atoms with Crippen LogP contribution in [0.4, 0.5) is 0 Å². The van der Waals surface area contributed by atoms with Crippen LogP contribution in [0.2, 0.25) is 0 Å². The highest BCUT2D eigenvalue weighted by Crippen LogP contribution is 2.18. The number of rotatable bonds is 12. The Morgan fingerprint density at radius 1 is 1.12 bits per heavy atom. The molecule has 0 amide bonds. The van der Waals surface area contributed by atoms with Gasteiger partial charge in [0.15, 0.2) is 17.9 Å². The van der Waals surface area contributed by atoms with Gasteiger partial charge in [0.2, 0.25) is 0 Å². The standard InChI is InChI=1S/C23H36N4O5/c1-23(2,3)21(29)32-16-26-15-24-19-18(26)20(28)27(22(30)25(19)4)13-11-9-7-5-6-8-10-12-17-14-31-17/h15,17H,5-14,16H2,1-4H3. The molecule has 32 heavy (non-hydrogen) atoms. The molecule has 1 unspecified atom stereocenters. The third-order valence-corrected chi connectivity index (χ3v) is 5.86. The van der Waals surface area contributed by atoms with Crippen molar-refractivity contribution in [2.45, 2.75) is 91.5 Å². The molecule has 2 aromatic rings. The van der Waals surface area contributed by atoms with Crippen LogP contribution in [0.3, 0.4) is 0 Å². The van der Waals surface area contributed by atoms with Crippen molar-refractivity contribution in [3.63, 3.8) is 0 Å². The Morgan fingerprint density at radius 3 is 2.38 bits per heavy atom. The van der Waals surface area contributed by atoms with E-state index in [1.165, 1.54) is 52.1 Å². The summed E-state index contributed by atoms with van der Waals surface area (Å²) in [6.45, 7) is 6.48. The van der Waals surface area contributed by atoms with Crippen LogP contribution in [0, 0.1) is 5.41 Å². The molecule has 0 saturated carbocycles. The summed E-state index contributed by atoms with van der Waals surface area (Å²) in [5.41, 5.74) is -0.848. The summed E-state index contributed by atoms with van der Waals surface area (Å²) in [6.07, 6.45) is 10.8. The van der Waals surface area contributed by atoms with Gasteiger partial charge in [-0.1, -0.05) is 38.5 Å². The highest BCUT2D eigenvalue weighted by molar-refractivity contribution is 5.75. The second-order valence-electron chi connectivity index (χ2n) is 9.71. The van der Waals surface area contributed by atoms with Crippen LogP contribution >= 0.6 is 0 Å². The molecule has 3 rings (SSSR count). The van der Waals surface area contributed by atoms with Gasteiger partial charge < -0.3 is 9.47 Å². The number of unbranched alkanes of at least 4 members (excludes halogenated alkanes) is 6. The summed E-state index contributed by atoms with van der Waals surface area (Å²) in [5.74, 6) is -0.370. The molecule has 2 aromatic heterocycles. The Kier molecular flexibility index (Phi) is 7.92. The molecule has 0 spiro atoms.